The van der Waals surface area contributed by atoms with Crippen LogP contribution in [0.4, 0.5) is 10.1 Å². The Morgan fingerprint density at radius 2 is 1.93 bits per heavy atom. The van der Waals surface area contributed by atoms with Crippen molar-refractivity contribution >= 4 is 23.1 Å². The number of carbonyl (C=O) groups excluding carboxylic acids is 1. The molecule has 0 aliphatic carbocycles. The number of nitrogens with zero attached hydrogens (tertiary/aromatic N) is 2. The summed E-state index contributed by atoms with van der Waals surface area (Å²) >= 11 is 6.04. The minimum atomic E-state index is -0.266. The zero-order valence-electron chi connectivity index (χ0n) is 15.9. The monoisotopic (exact) mass is 386 g/mol. The molecule has 0 aromatic heterocycles. The van der Waals surface area contributed by atoms with Crippen molar-refractivity contribution in [1.29, 1.82) is 5.26 Å². The number of carbonyl (C=O) groups is 1. The first kappa shape index (κ1) is 20.9. The molecule has 1 heterocycles. The van der Waals surface area contributed by atoms with E-state index in [0.29, 0.717) is 23.0 Å². The first-order chi connectivity index (χ1) is 12.8. The topological polar surface area (TPSA) is 44.1 Å². The molecular weight excluding hydrogens is 363 g/mol. The third-order valence-electron chi connectivity index (χ3n) is 4.91. The highest BCUT2D eigenvalue weighted by Gasteiger charge is 2.27. The van der Waals surface area contributed by atoms with Gasteiger partial charge in [0.2, 0.25) is 0 Å². The van der Waals surface area contributed by atoms with Crippen LogP contribution < -0.4 is 4.90 Å². The summed E-state index contributed by atoms with van der Waals surface area (Å²) in [4.78, 5) is 13.0. The van der Waals surface area contributed by atoms with Crippen molar-refractivity contribution in [2.24, 2.45) is 5.92 Å². The van der Waals surface area contributed by atoms with E-state index in [9.17, 15) is 9.18 Å². The van der Waals surface area contributed by atoms with E-state index in [4.69, 9.17) is 16.9 Å². The van der Waals surface area contributed by atoms with Crippen LogP contribution in [0.1, 0.15) is 38.3 Å². The molecule has 0 N–H and O–H groups in total. The maximum Gasteiger partial charge on any atom is 0.134 e. The third kappa shape index (κ3) is 5.80. The average Bonchev–Trinajstić information content (AvgIpc) is 2.96. The van der Waals surface area contributed by atoms with Gasteiger partial charge in [0.25, 0.3) is 0 Å². The fraction of sp³-hybridized carbons (Fsp3) is 0.364. The fourth-order valence-corrected chi connectivity index (χ4v) is 3.34. The van der Waals surface area contributed by atoms with E-state index in [-0.39, 0.29) is 11.6 Å². The number of halogens is 2. The van der Waals surface area contributed by atoms with Gasteiger partial charge in [0.05, 0.1) is 10.6 Å². The van der Waals surface area contributed by atoms with E-state index < -0.39 is 0 Å². The average molecular weight is 387 g/mol. The van der Waals surface area contributed by atoms with Crippen LogP contribution >= 0.6 is 11.6 Å². The van der Waals surface area contributed by atoms with Gasteiger partial charge in [-0.05, 0) is 62.1 Å². The molecule has 0 amide bonds. The molecule has 0 unspecified atom stereocenters. The molecule has 3 nitrogen and oxygen atoms in total. The van der Waals surface area contributed by atoms with Gasteiger partial charge in [0.1, 0.15) is 17.7 Å². The molecule has 0 spiro atoms. The lowest BCUT2D eigenvalue weighted by molar-refractivity contribution is -0.116. The lowest BCUT2D eigenvalue weighted by atomic mass is 10.1. The van der Waals surface area contributed by atoms with Gasteiger partial charge >= 0.3 is 0 Å². The van der Waals surface area contributed by atoms with Crippen LogP contribution in [0.2, 0.25) is 5.02 Å². The minimum absolute atomic E-state index is 0.0941. The predicted molar refractivity (Wildman–Crippen MR) is 108 cm³/mol. The molecular formula is C22H24ClFN2O. The lowest BCUT2D eigenvalue weighted by Crippen LogP contribution is -2.28. The summed E-state index contributed by atoms with van der Waals surface area (Å²) < 4.78 is 12.3. The Hall–Kier alpha value is -2.38. The van der Waals surface area contributed by atoms with E-state index >= 15 is 0 Å². The first-order valence-corrected chi connectivity index (χ1v) is 9.39. The molecule has 2 atom stereocenters. The summed E-state index contributed by atoms with van der Waals surface area (Å²) in [6, 6.07) is 14.3. The quantitative estimate of drug-likeness (QED) is 0.709. The summed E-state index contributed by atoms with van der Waals surface area (Å²) in [6.07, 6.45) is 1.61. The highest BCUT2D eigenvalue weighted by atomic mass is 35.5. The van der Waals surface area contributed by atoms with E-state index in [1.165, 1.54) is 25.5 Å². The molecule has 0 radical (unpaired) electrons. The third-order valence-corrected chi connectivity index (χ3v) is 5.22. The summed E-state index contributed by atoms with van der Waals surface area (Å²) in [6.45, 7) is 7.10. The number of rotatable bonds is 3. The summed E-state index contributed by atoms with van der Waals surface area (Å²) in [7, 11) is 0. The molecule has 1 aliphatic heterocycles. The summed E-state index contributed by atoms with van der Waals surface area (Å²) in [5.74, 6) is 0.545. The second kappa shape index (κ2) is 9.53. The molecule has 2 aromatic rings. The SMILES string of the molecule is CC(=O)Cc1ccc(F)cc1.C[C@@H]1CCN(c2ccc(C#N)c(Cl)c2)[C@H]1C. The number of ketones is 1. The molecule has 0 bridgehead atoms. The van der Waals surface area contributed by atoms with Crippen LogP contribution in [0.15, 0.2) is 42.5 Å². The number of hydrogen-bond donors (Lipinski definition) is 0. The molecule has 27 heavy (non-hydrogen) atoms. The van der Waals surface area contributed by atoms with E-state index in [2.05, 4.69) is 24.8 Å². The number of Topliss-reactive ketones (excluding diaryl/α,β-unsaturated/α-hetero) is 1. The van der Waals surface area contributed by atoms with Crippen molar-refractivity contribution in [2.45, 2.75) is 39.7 Å². The highest BCUT2D eigenvalue weighted by molar-refractivity contribution is 6.32. The van der Waals surface area contributed by atoms with Gasteiger partial charge in [-0.1, -0.05) is 30.7 Å². The van der Waals surface area contributed by atoms with Crippen molar-refractivity contribution in [3.63, 3.8) is 0 Å². The summed E-state index contributed by atoms with van der Waals surface area (Å²) in [5, 5.41) is 9.37. The molecule has 0 saturated carbocycles. The predicted octanol–water partition coefficient (Wildman–Crippen LogP) is 5.40. The van der Waals surface area contributed by atoms with Gasteiger partial charge in [-0.15, -0.1) is 0 Å². The van der Waals surface area contributed by atoms with Gasteiger partial charge in [0, 0.05) is 24.7 Å². The van der Waals surface area contributed by atoms with Crippen molar-refractivity contribution in [3.05, 3.63) is 64.4 Å². The molecule has 1 aliphatic rings. The van der Waals surface area contributed by atoms with Crippen molar-refractivity contribution < 1.29 is 9.18 Å². The molecule has 1 fully saturated rings. The Bertz CT molecular complexity index is 829. The van der Waals surface area contributed by atoms with Crippen LogP contribution in [0.25, 0.3) is 0 Å². The Kier molecular flexibility index (Phi) is 7.38. The van der Waals surface area contributed by atoms with Crippen LogP contribution in [0.3, 0.4) is 0 Å². The number of hydrogen-bond acceptors (Lipinski definition) is 3. The van der Waals surface area contributed by atoms with Crippen LogP contribution in [0.5, 0.6) is 0 Å². The number of nitriles is 1. The molecule has 2 aromatic carbocycles. The zero-order chi connectivity index (χ0) is 20.0. The minimum Gasteiger partial charge on any atom is -0.369 e. The van der Waals surface area contributed by atoms with Gasteiger partial charge in [0.15, 0.2) is 0 Å². The Morgan fingerprint density at radius 3 is 2.41 bits per heavy atom. The lowest BCUT2D eigenvalue weighted by Gasteiger charge is -2.25. The number of benzene rings is 2. The Morgan fingerprint density at radius 1 is 1.26 bits per heavy atom. The summed E-state index contributed by atoms with van der Waals surface area (Å²) in [5.41, 5.74) is 2.53. The van der Waals surface area contributed by atoms with Gasteiger partial charge < -0.3 is 4.90 Å². The van der Waals surface area contributed by atoms with E-state index in [1.807, 2.05) is 12.1 Å². The molecule has 142 valence electrons. The van der Waals surface area contributed by atoms with Crippen molar-refractivity contribution in [2.75, 3.05) is 11.4 Å². The smallest absolute Gasteiger partial charge is 0.134 e. The highest BCUT2D eigenvalue weighted by Crippen LogP contribution is 2.31. The first-order valence-electron chi connectivity index (χ1n) is 9.02. The second-order valence-corrected chi connectivity index (χ2v) is 7.39. The van der Waals surface area contributed by atoms with Gasteiger partial charge in [-0.2, -0.15) is 5.26 Å². The van der Waals surface area contributed by atoms with E-state index in [1.54, 1.807) is 18.2 Å². The Balaban J connectivity index is 0.000000208. The molecule has 5 heteroatoms. The van der Waals surface area contributed by atoms with Crippen LogP contribution in [-0.4, -0.2) is 18.4 Å². The fourth-order valence-electron chi connectivity index (χ4n) is 3.12. The van der Waals surface area contributed by atoms with Crippen LogP contribution in [-0.2, 0) is 11.2 Å². The second-order valence-electron chi connectivity index (χ2n) is 6.98. The molecule has 1 saturated heterocycles. The largest absolute Gasteiger partial charge is 0.369 e. The van der Waals surface area contributed by atoms with Crippen molar-refractivity contribution in [3.8, 4) is 6.07 Å². The van der Waals surface area contributed by atoms with Gasteiger partial charge in [-0.25, -0.2) is 4.39 Å². The standard InChI is InChI=1S/C13H15ClN2.C9H9FO/c1-9-5-6-16(10(9)2)12-4-3-11(8-15)13(14)7-12;1-7(11)6-8-2-4-9(10)5-3-8/h3-4,7,9-10H,5-6H2,1-2H3;2-5H,6H2,1H3/t9-,10+;/m1./s1. The maximum atomic E-state index is 12.3. The normalized spacial score (nSPS) is 18.4. The Labute approximate surface area is 165 Å². The van der Waals surface area contributed by atoms with E-state index in [0.717, 1.165) is 23.7 Å². The maximum absolute atomic E-state index is 12.3. The van der Waals surface area contributed by atoms with Crippen molar-refractivity contribution in [1.82, 2.24) is 0 Å². The van der Waals surface area contributed by atoms with Gasteiger partial charge in [-0.3, -0.25) is 4.79 Å². The number of anilines is 1. The van der Waals surface area contributed by atoms with Crippen LogP contribution in [0, 0.1) is 23.1 Å². The molecule has 3 rings (SSSR count). The zero-order valence-corrected chi connectivity index (χ0v) is 16.6.